The summed E-state index contributed by atoms with van der Waals surface area (Å²) >= 11 is 0. The predicted molar refractivity (Wildman–Crippen MR) is 86.3 cm³/mol. The Kier molecular flexibility index (Phi) is 5.24. The van der Waals surface area contributed by atoms with Crippen LogP contribution >= 0.6 is 0 Å². The van der Waals surface area contributed by atoms with E-state index in [1.54, 1.807) is 19.4 Å². The van der Waals surface area contributed by atoms with Gasteiger partial charge >= 0.3 is 0 Å². The first kappa shape index (κ1) is 14.2. The maximum absolute atomic E-state index is 4.24. The molecule has 0 N–H and O–H groups in total. The summed E-state index contributed by atoms with van der Waals surface area (Å²) in [6.45, 7) is 2.26. The molecule has 0 aliphatic heterocycles. The Morgan fingerprint density at radius 3 is 2.15 bits per heavy atom. The van der Waals surface area contributed by atoms with E-state index in [0.717, 1.165) is 17.3 Å². The summed E-state index contributed by atoms with van der Waals surface area (Å²) in [4.78, 5) is 12.7. The molecule has 0 atom stereocenters. The van der Waals surface area contributed by atoms with E-state index < -0.39 is 0 Å². The number of aromatic nitrogens is 2. The molecule has 2 aromatic heterocycles. The second-order valence-corrected chi connectivity index (χ2v) is 4.51. The second-order valence-electron chi connectivity index (χ2n) is 4.51. The molecule has 0 amide bonds. The van der Waals surface area contributed by atoms with Crippen molar-refractivity contribution in [3.63, 3.8) is 0 Å². The van der Waals surface area contributed by atoms with Crippen molar-refractivity contribution in [2.45, 2.75) is 13.3 Å². The van der Waals surface area contributed by atoms with Crippen LogP contribution in [0.2, 0.25) is 0 Å². The molecule has 4 heteroatoms. The van der Waals surface area contributed by atoms with Crippen molar-refractivity contribution in [2.75, 3.05) is 7.05 Å². The van der Waals surface area contributed by atoms with Crippen LogP contribution in [-0.4, -0.2) is 29.9 Å². The predicted octanol–water partition coefficient (Wildman–Crippen LogP) is 1.66. The summed E-state index contributed by atoms with van der Waals surface area (Å²) in [6.07, 6.45) is 12.5. The van der Waals surface area contributed by atoms with E-state index in [4.69, 9.17) is 0 Å². The lowest BCUT2D eigenvalue weighted by atomic mass is 9.36. The summed E-state index contributed by atoms with van der Waals surface area (Å²) in [6, 6.07) is 8.12. The summed E-state index contributed by atoms with van der Waals surface area (Å²) in [5, 5.41) is 0. The molecule has 0 aliphatic carbocycles. The molecule has 2 heterocycles. The monoisotopic (exact) mass is 263 g/mol. The second kappa shape index (κ2) is 7.39. The Hall–Kier alpha value is -2.23. The molecular formula is C16H18BN3. The molecule has 0 aliphatic rings. The van der Waals surface area contributed by atoms with Gasteiger partial charge in [0.15, 0.2) is 0 Å². The highest BCUT2D eigenvalue weighted by Crippen LogP contribution is 2.02. The highest BCUT2D eigenvalue weighted by molar-refractivity contribution is 6.93. The molecule has 0 spiro atoms. The normalized spacial score (nSPS) is 11.8. The van der Waals surface area contributed by atoms with Gasteiger partial charge in [-0.05, 0) is 18.6 Å². The summed E-state index contributed by atoms with van der Waals surface area (Å²) in [5.74, 6) is 0. The minimum atomic E-state index is 0.126. The van der Waals surface area contributed by atoms with Crippen molar-refractivity contribution in [3.8, 4) is 0 Å². The maximum atomic E-state index is 4.24. The first-order valence-electron chi connectivity index (χ1n) is 6.78. The van der Waals surface area contributed by atoms with Gasteiger partial charge < -0.3 is 0 Å². The van der Waals surface area contributed by atoms with E-state index in [0.29, 0.717) is 0 Å². The van der Waals surface area contributed by atoms with Gasteiger partial charge in [0.2, 0.25) is 6.71 Å². The zero-order valence-corrected chi connectivity index (χ0v) is 11.9. The van der Waals surface area contributed by atoms with Crippen molar-refractivity contribution < 1.29 is 0 Å². The molecule has 0 aromatic carbocycles. The van der Waals surface area contributed by atoms with E-state index in [9.17, 15) is 0 Å². The van der Waals surface area contributed by atoms with Crippen molar-refractivity contribution >= 4 is 23.9 Å². The number of pyridine rings is 2. The van der Waals surface area contributed by atoms with Crippen LogP contribution in [0.4, 0.5) is 0 Å². The van der Waals surface area contributed by atoms with Crippen LogP contribution in [0, 0.1) is 0 Å². The molecule has 0 bridgehead atoms. The molecule has 0 saturated carbocycles. The third kappa shape index (κ3) is 3.41. The van der Waals surface area contributed by atoms with Crippen LogP contribution in [0.3, 0.4) is 0 Å². The molecule has 0 saturated heterocycles. The van der Waals surface area contributed by atoms with E-state index in [1.165, 1.54) is 5.47 Å². The van der Waals surface area contributed by atoms with E-state index in [-0.39, 0.29) is 6.71 Å². The molecule has 2 aromatic rings. The zero-order chi connectivity index (χ0) is 14.2. The minimum Gasteiger partial charge on any atom is -0.297 e. The van der Waals surface area contributed by atoms with Crippen LogP contribution in [0.15, 0.2) is 65.6 Å². The highest BCUT2D eigenvalue weighted by atomic mass is 14.6. The number of rotatable bonds is 5. The zero-order valence-electron chi connectivity index (χ0n) is 11.9. The lowest BCUT2D eigenvalue weighted by Crippen LogP contribution is -2.45. The van der Waals surface area contributed by atoms with Crippen LogP contribution in [0.5, 0.6) is 0 Å². The van der Waals surface area contributed by atoms with E-state index in [2.05, 4.69) is 40.1 Å². The average Bonchev–Trinajstić information content (AvgIpc) is 2.50. The van der Waals surface area contributed by atoms with Crippen LogP contribution < -0.4 is 10.9 Å². The Morgan fingerprint density at radius 1 is 1.15 bits per heavy atom. The smallest absolute Gasteiger partial charge is 0.246 e. The van der Waals surface area contributed by atoms with E-state index in [1.807, 2.05) is 30.7 Å². The third-order valence-electron chi connectivity index (χ3n) is 3.09. The van der Waals surface area contributed by atoms with Crippen LogP contribution in [0.1, 0.15) is 13.3 Å². The molecule has 0 fully saturated rings. The molecular weight excluding hydrogens is 245 g/mol. The largest absolute Gasteiger partial charge is 0.297 e. The molecule has 100 valence electrons. The Labute approximate surface area is 120 Å². The fourth-order valence-electron chi connectivity index (χ4n) is 2.30. The van der Waals surface area contributed by atoms with Gasteiger partial charge in [-0.1, -0.05) is 41.5 Å². The number of aliphatic imine (C=N–C) groups is 1. The number of hydrogen-bond acceptors (Lipinski definition) is 3. The lowest BCUT2D eigenvalue weighted by molar-refractivity contribution is 1.22. The molecule has 3 nitrogen and oxygen atoms in total. The van der Waals surface area contributed by atoms with E-state index >= 15 is 0 Å². The average molecular weight is 263 g/mol. The third-order valence-corrected chi connectivity index (χ3v) is 3.09. The topological polar surface area (TPSA) is 38.1 Å². The molecule has 0 unspecified atom stereocenters. The fourth-order valence-corrected chi connectivity index (χ4v) is 2.30. The first-order chi connectivity index (χ1) is 9.86. The van der Waals surface area contributed by atoms with Gasteiger partial charge in [-0.3, -0.25) is 15.0 Å². The maximum Gasteiger partial charge on any atom is 0.246 e. The van der Waals surface area contributed by atoms with Gasteiger partial charge in [-0.15, -0.1) is 0 Å². The molecule has 0 radical (unpaired) electrons. The van der Waals surface area contributed by atoms with Gasteiger partial charge in [0.1, 0.15) is 0 Å². The minimum absolute atomic E-state index is 0.126. The summed E-state index contributed by atoms with van der Waals surface area (Å²) in [5.41, 5.74) is 3.48. The van der Waals surface area contributed by atoms with Gasteiger partial charge in [0, 0.05) is 38.0 Å². The number of nitrogens with zero attached hydrogens (tertiary/aromatic N) is 3. The Morgan fingerprint density at radius 2 is 1.75 bits per heavy atom. The van der Waals surface area contributed by atoms with Crippen molar-refractivity contribution in [3.05, 3.63) is 60.6 Å². The first-order valence-corrected chi connectivity index (χ1v) is 6.78. The van der Waals surface area contributed by atoms with Crippen molar-refractivity contribution in [1.82, 2.24) is 9.97 Å². The SMILES string of the molecule is CC/C=C(\C=NC)B(c1cccnc1)c1cccnc1. The van der Waals surface area contributed by atoms with Crippen molar-refractivity contribution in [1.29, 1.82) is 0 Å². The van der Waals surface area contributed by atoms with Gasteiger partial charge in [-0.2, -0.15) is 0 Å². The Balaban J connectivity index is 2.52. The van der Waals surface area contributed by atoms with Crippen LogP contribution in [0.25, 0.3) is 0 Å². The highest BCUT2D eigenvalue weighted by Gasteiger charge is 2.22. The summed E-state index contributed by atoms with van der Waals surface area (Å²) in [7, 11) is 1.80. The van der Waals surface area contributed by atoms with Crippen molar-refractivity contribution in [2.24, 2.45) is 4.99 Å². The number of allylic oxidation sites excluding steroid dienone is 2. The van der Waals surface area contributed by atoms with Gasteiger partial charge in [-0.25, -0.2) is 0 Å². The molecule has 2 rings (SSSR count). The quantitative estimate of drug-likeness (QED) is 0.608. The van der Waals surface area contributed by atoms with Gasteiger partial charge in [0.05, 0.1) is 0 Å². The molecule has 20 heavy (non-hydrogen) atoms. The fraction of sp³-hybridized carbons (Fsp3) is 0.188. The standard InChI is InChI=1S/C16H18BN3/c1-3-6-14(11-18-2)17(15-7-4-9-19-12-15)16-8-5-10-20-13-16/h4-13H,3H2,1-2H3/b14-6+,18-11?. The Bertz CT molecular complexity index is 540. The number of hydrogen-bond donors (Lipinski definition) is 0. The summed E-state index contributed by atoms with van der Waals surface area (Å²) < 4.78 is 0. The lowest BCUT2D eigenvalue weighted by Gasteiger charge is -2.15. The van der Waals surface area contributed by atoms with Crippen LogP contribution in [-0.2, 0) is 0 Å². The van der Waals surface area contributed by atoms with Gasteiger partial charge in [0.25, 0.3) is 0 Å².